The third kappa shape index (κ3) is 1.45. The van der Waals surface area contributed by atoms with Crippen molar-refractivity contribution in [2.45, 2.75) is 18.4 Å². The molecule has 0 amide bonds. The molecule has 2 rings (SSSR count). The Balaban J connectivity index is 2.20. The van der Waals surface area contributed by atoms with Crippen LogP contribution in [0.2, 0.25) is 0 Å². The van der Waals surface area contributed by atoms with E-state index in [0.29, 0.717) is 10.1 Å². The van der Waals surface area contributed by atoms with Crippen LogP contribution in [0.5, 0.6) is 5.19 Å². The summed E-state index contributed by atoms with van der Waals surface area (Å²) < 4.78 is 4.89. The lowest BCUT2D eigenvalue weighted by Crippen LogP contribution is -2.32. The molecule has 1 aromatic heterocycles. The van der Waals surface area contributed by atoms with E-state index < -0.39 is 5.54 Å². The van der Waals surface area contributed by atoms with Gasteiger partial charge in [0.2, 0.25) is 0 Å². The average Bonchev–Trinajstić information content (AvgIpc) is 2.71. The van der Waals surface area contributed by atoms with E-state index in [1.165, 1.54) is 24.6 Å². The molecule has 0 bridgehead atoms. The van der Waals surface area contributed by atoms with E-state index in [0.717, 1.165) is 12.8 Å². The minimum absolute atomic E-state index is 0.00620. The van der Waals surface area contributed by atoms with Crippen LogP contribution in [0.4, 0.5) is 0 Å². The van der Waals surface area contributed by atoms with Crippen LogP contribution >= 0.6 is 11.3 Å². The van der Waals surface area contributed by atoms with Crippen molar-refractivity contribution < 1.29 is 9.53 Å². The Kier molecular flexibility index (Phi) is 1.85. The third-order valence-electron chi connectivity index (χ3n) is 2.12. The summed E-state index contributed by atoms with van der Waals surface area (Å²) in [6.45, 7) is 0. The molecule has 1 saturated carbocycles. The number of Topliss-reactive ketones (excluding diaryl/α,β-unsaturated/α-hetero) is 1. The van der Waals surface area contributed by atoms with Crippen molar-refractivity contribution in [3.05, 3.63) is 11.1 Å². The third-order valence-corrected chi connectivity index (χ3v) is 3.08. The number of nitrogens with zero attached hydrogens (tertiary/aromatic N) is 1. The normalized spacial score (nSPS) is 18.3. The lowest BCUT2D eigenvalue weighted by Gasteiger charge is -2.02. The van der Waals surface area contributed by atoms with Gasteiger partial charge in [-0.05, 0) is 12.8 Å². The van der Waals surface area contributed by atoms with Gasteiger partial charge in [0.05, 0.1) is 23.7 Å². The van der Waals surface area contributed by atoms with Gasteiger partial charge in [-0.25, -0.2) is 4.98 Å². The van der Waals surface area contributed by atoms with E-state index >= 15 is 0 Å². The van der Waals surface area contributed by atoms with Crippen molar-refractivity contribution in [2.75, 3.05) is 7.11 Å². The molecular formula is C8H10N2O2S. The highest BCUT2D eigenvalue weighted by Crippen LogP contribution is 2.37. The van der Waals surface area contributed by atoms with Gasteiger partial charge in [0.25, 0.3) is 5.19 Å². The summed E-state index contributed by atoms with van der Waals surface area (Å²) in [6, 6.07) is 0. The minimum Gasteiger partial charge on any atom is -0.473 e. The zero-order valence-electron chi connectivity index (χ0n) is 7.24. The van der Waals surface area contributed by atoms with Gasteiger partial charge in [-0.1, -0.05) is 11.3 Å². The fraction of sp³-hybridized carbons (Fsp3) is 0.500. The van der Waals surface area contributed by atoms with E-state index in [-0.39, 0.29) is 5.78 Å². The van der Waals surface area contributed by atoms with Crippen LogP contribution in [-0.4, -0.2) is 23.4 Å². The molecule has 0 spiro atoms. The molecule has 4 nitrogen and oxygen atoms in total. The van der Waals surface area contributed by atoms with Crippen molar-refractivity contribution in [3.63, 3.8) is 0 Å². The second-order valence-corrected chi connectivity index (χ2v) is 4.17. The predicted molar refractivity (Wildman–Crippen MR) is 49.1 cm³/mol. The van der Waals surface area contributed by atoms with Gasteiger partial charge in [-0.15, -0.1) is 0 Å². The highest BCUT2D eigenvalue weighted by Gasteiger charge is 2.46. The summed E-state index contributed by atoms with van der Waals surface area (Å²) >= 11 is 1.24. The van der Waals surface area contributed by atoms with E-state index in [2.05, 4.69) is 4.98 Å². The van der Waals surface area contributed by atoms with Gasteiger partial charge in [-0.2, -0.15) is 0 Å². The minimum atomic E-state index is -0.600. The Morgan fingerprint density at radius 2 is 2.46 bits per heavy atom. The largest absolute Gasteiger partial charge is 0.473 e. The SMILES string of the molecule is COc1ncc(C(=O)C2(N)CC2)s1. The van der Waals surface area contributed by atoms with E-state index in [1.807, 2.05) is 0 Å². The lowest BCUT2D eigenvalue weighted by molar-refractivity contribution is 0.0953. The monoisotopic (exact) mass is 198 g/mol. The molecule has 0 saturated heterocycles. The van der Waals surface area contributed by atoms with Gasteiger partial charge in [-0.3, -0.25) is 4.79 Å². The first-order valence-electron chi connectivity index (χ1n) is 3.99. The summed E-state index contributed by atoms with van der Waals surface area (Å²) in [7, 11) is 1.53. The van der Waals surface area contributed by atoms with Crippen molar-refractivity contribution in [1.82, 2.24) is 4.98 Å². The smallest absolute Gasteiger partial charge is 0.273 e. The van der Waals surface area contributed by atoms with Crippen molar-refractivity contribution in [1.29, 1.82) is 0 Å². The fourth-order valence-corrected chi connectivity index (χ4v) is 1.84. The predicted octanol–water partition coefficient (Wildman–Crippen LogP) is 0.826. The number of hydrogen-bond donors (Lipinski definition) is 1. The lowest BCUT2D eigenvalue weighted by atomic mass is 10.1. The highest BCUT2D eigenvalue weighted by atomic mass is 32.1. The molecule has 1 aliphatic rings. The van der Waals surface area contributed by atoms with Crippen molar-refractivity contribution >= 4 is 17.1 Å². The fourth-order valence-electron chi connectivity index (χ4n) is 1.06. The molecule has 5 heteroatoms. The maximum absolute atomic E-state index is 11.6. The van der Waals surface area contributed by atoms with Gasteiger partial charge in [0.1, 0.15) is 0 Å². The van der Waals surface area contributed by atoms with Crippen LogP contribution in [-0.2, 0) is 0 Å². The number of ether oxygens (including phenoxy) is 1. The van der Waals surface area contributed by atoms with Crippen molar-refractivity contribution in [3.8, 4) is 5.19 Å². The molecule has 2 N–H and O–H groups in total. The van der Waals surface area contributed by atoms with Crippen LogP contribution in [0.15, 0.2) is 6.20 Å². The number of thiazole rings is 1. The van der Waals surface area contributed by atoms with E-state index in [1.54, 1.807) is 0 Å². The summed E-state index contributed by atoms with van der Waals surface area (Å²) in [5.74, 6) is -0.00620. The number of methoxy groups -OCH3 is 1. The molecule has 0 unspecified atom stereocenters. The summed E-state index contributed by atoms with van der Waals surface area (Å²) in [4.78, 5) is 16.2. The van der Waals surface area contributed by atoms with E-state index in [9.17, 15) is 4.79 Å². The maximum Gasteiger partial charge on any atom is 0.273 e. The summed E-state index contributed by atoms with van der Waals surface area (Å²) in [5.41, 5.74) is 5.16. The molecule has 0 aliphatic heterocycles. The number of ketones is 1. The second kappa shape index (κ2) is 2.78. The maximum atomic E-state index is 11.6. The topological polar surface area (TPSA) is 65.2 Å². The molecule has 13 heavy (non-hydrogen) atoms. The first-order valence-corrected chi connectivity index (χ1v) is 4.81. The summed E-state index contributed by atoms with van der Waals surface area (Å²) in [5, 5.41) is 0.507. The van der Waals surface area contributed by atoms with Gasteiger partial charge in [0.15, 0.2) is 5.78 Å². The molecule has 1 aliphatic carbocycles. The number of hydrogen-bond acceptors (Lipinski definition) is 5. The number of carbonyl (C=O) groups is 1. The van der Waals surface area contributed by atoms with Gasteiger partial charge in [0, 0.05) is 0 Å². The molecule has 0 radical (unpaired) electrons. The number of nitrogens with two attached hydrogens (primary N) is 1. The number of aromatic nitrogens is 1. The Morgan fingerprint density at radius 1 is 1.77 bits per heavy atom. The first-order chi connectivity index (χ1) is 6.15. The molecule has 1 heterocycles. The highest BCUT2D eigenvalue weighted by molar-refractivity contribution is 7.15. The second-order valence-electron chi connectivity index (χ2n) is 3.18. The molecule has 1 aromatic rings. The Hall–Kier alpha value is -0.940. The average molecular weight is 198 g/mol. The quantitative estimate of drug-likeness (QED) is 0.730. The molecule has 70 valence electrons. The standard InChI is InChI=1S/C8H10N2O2S/c1-12-7-10-4-5(13-7)6(11)8(9)2-3-8/h4H,2-3,9H2,1H3. The molecule has 0 atom stereocenters. The Morgan fingerprint density at radius 3 is 2.92 bits per heavy atom. The zero-order valence-corrected chi connectivity index (χ0v) is 8.06. The summed E-state index contributed by atoms with van der Waals surface area (Å²) in [6.07, 6.45) is 3.09. The molecule has 0 aromatic carbocycles. The van der Waals surface area contributed by atoms with Gasteiger partial charge < -0.3 is 10.5 Å². The van der Waals surface area contributed by atoms with Crippen molar-refractivity contribution in [2.24, 2.45) is 5.73 Å². The molecular weight excluding hydrogens is 188 g/mol. The van der Waals surface area contributed by atoms with Crippen LogP contribution in [0.3, 0.4) is 0 Å². The van der Waals surface area contributed by atoms with Crippen LogP contribution in [0.25, 0.3) is 0 Å². The number of carbonyl (C=O) groups excluding carboxylic acids is 1. The number of rotatable bonds is 3. The zero-order chi connectivity index (χ0) is 9.47. The van der Waals surface area contributed by atoms with Gasteiger partial charge >= 0.3 is 0 Å². The first kappa shape index (κ1) is 8.65. The molecule has 1 fully saturated rings. The van der Waals surface area contributed by atoms with Crippen LogP contribution < -0.4 is 10.5 Å². The van der Waals surface area contributed by atoms with E-state index in [4.69, 9.17) is 10.5 Å². The Labute approximate surface area is 79.7 Å². The Bertz CT molecular complexity index is 344. The van der Waals surface area contributed by atoms with Crippen LogP contribution in [0, 0.1) is 0 Å². The van der Waals surface area contributed by atoms with Crippen LogP contribution in [0.1, 0.15) is 22.5 Å².